The Balaban J connectivity index is 1.73. The second kappa shape index (κ2) is 11.4. The van der Waals surface area contributed by atoms with E-state index in [1.165, 1.54) is 5.56 Å². The molecule has 0 saturated heterocycles. The smallest absolute Gasteiger partial charge is 0.165 e. The van der Waals surface area contributed by atoms with Gasteiger partial charge in [-0.3, -0.25) is 4.90 Å². The Labute approximate surface area is 184 Å². The minimum Gasteiger partial charge on any atom is -0.493 e. The number of benzene rings is 3. The first-order valence-electron chi connectivity index (χ1n) is 10.4. The number of hydrogen-bond acceptors (Lipinski definition) is 5. The van der Waals surface area contributed by atoms with Crippen molar-refractivity contribution in [1.29, 1.82) is 0 Å². The number of ether oxygens (including phenoxy) is 3. The molecule has 5 nitrogen and oxygen atoms in total. The molecule has 0 aliphatic heterocycles. The van der Waals surface area contributed by atoms with Gasteiger partial charge in [-0.25, -0.2) is 0 Å². The van der Waals surface area contributed by atoms with Crippen LogP contribution in [0.3, 0.4) is 0 Å². The third-order valence-corrected chi connectivity index (χ3v) is 5.12. The highest BCUT2D eigenvalue weighted by molar-refractivity contribution is 5.46. The van der Waals surface area contributed by atoms with Crippen LogP contribution >= 0.6 is 0 Å². The van der Waals surface area contributed by atoms with Crippen LogP contribution in [0.25, 0.3) is 0 Å². The highest BCUT2D eigenvalue weighted by Gasteiger charge is 2.18. The molecule has 3 aromatic rings. The van der Waals surface area contributed by atoms with E-state index >= 15 is 0 Å². The van der Waals surface area contributed by atoms with Gasteiger partial charge in [-0.15, -0.1) is 0 Å². The molecule has 0 spiro atoms. The summed E-state index contributed by atoms with van der Waals surface area (Å²) in [6.07, 6.45) is -0.639. The molecule has 3 rings (SSSR count). The lowest BCUT2D eigenvalue weighted by Crippen LogP contribution is -2.35. The van der Waals surface area contributed by atoms with Crippen molar-refractivity contribution in [2.24, 2.45) is 0 Å². The molecule has 0 amide bonds. The van der Waals surface area contributed by atoms with E-state index in [-0.39, 0.29) is 6.61 Å². The van der Waals surface area contributed by atoms with Gasteiger partial charge >= 0.3 is 0 Å². The summed E-state index contributed by atoms with van der Waals surface area (Å²) in [7, 11) is 3.28. The zero-order valence-corrected chi connectivity index (χ0v) is 18.5. The van der Waals surface area contributed by atoms with E-state index in [0.717, 1.165) is 16.9 Å². The quantitative estimate of drug-likeness (QED) is 0.496. The average molecular weight is 422 g/mol. The highest BCUT2D eigenvalue weighted by Crippen LogP contribution is 2.31. The highest BCUT2D eigenvalue weighted by atomic mass is 16.5. The van der Waals surface area contributed by atoms with E-state index in [1.807, 2.05) is 67.6 Å². The Morgan fingerprint density at radius 2 is 1.52 bits per heavy atom. The fraction of sp³-hybridized carbons (Fsp3) is 0.308. The van der Waals surface area contributed by atoms with Crippen LogP contribution in [-0.4, -0.2) is 43.5 Å². The van der Waals surface area contributed by atoms with E-state index in [4.69, 9.17) is 14.2 Å². The molecule has 1 atom stereocenters. The van der Waals surface area contributed by atoms with E-state index in [0.29, 0.717) is 31.1 Å². The van der Waals surface area contributed by atoms with Crippen molar-refractivity contribution in [3.63, 3.8) is 0 Å². The molecule has 164 valence electrons. The molecule has 0 radical (unpaired) electrons. The van der Waals surface area contributed by atoms with Crippen molar-refractivity contribution in [3.05, 3.63) is 89.5 Å². The second-order valence-electron chi connectivity index (χ2n) is 7.54. The Hall–Kier alpha value is -3.02. The Kier molecular flexibility index (Phi) is 8.33. The third kappa shape index (κ3) is 6.48. The van der Waals surface area contributed by atoms with Gasteiger partial charge in [0.2, 0.25) is 0 Å². The van der Waals surface area contributed by atoms with Crippen molar-refractivity contribution in [2.75, 3.05) is 27.4 Å². The lowest BCUT2D eigenvalue weighted by atomic mass is 10.1. The van der Waals surface area contributed by atoms with Gasteiger partial charge < -0.3 is 19.3 Å². The molecule has 0 saturated carbocycles. The molecular formula is C26H31NO4. The maximum atomic E-state index is 10.7. The van der Waals surface area contributed by atoms with Gasteiger partial charge in [-0.05, 0) is 30.2 Å². The number of rotatable bonds is 11. The molecular weight excluding hydrogens is 390 g/mol. The van der Waals surface area contributed by atoms with Gasteiger partial charge in [0.1, 0.15) is 18.5 Å². The number of nitrogens with zero attached hydrogens (tertiary/aromatic N) is 1. The van der Waals surface area contributed by atoms with E-state index in [9.17, 15) is 5.11 Å². The summed E-state index contributed by atoms with van der Waals surface area (Å²) >= 11 is 0. The topological polar surface area (TPSA) is 51.2 Å². The molecule has 3 aromatic carbocycles. The molecule has 5 heteroatoms. The minimum absolute atomic E-state index is 0.228. The summed E-state index contributed by atoms with van der Waals surface area (Å²) in [6, 6.07) is 23.9. The van der Waals surface area contributed by atoms with Crippen molar-refractivity contribution in [1.82, 2.24) is 4.90 Å². The average Bonchev–Trinajstić information content (AvgIpc) is 2.79. The summed E-state index contributed by atoms with van der Waals surface area (Å²) in [5.41, 5.74) is 3.23. The molecule has 0 aromatic heterocycles. The molecule has 0 bridgehead atoms. The van der Waals surface area contributed by atoms with Crippen LogP contribution < -0.4 is 14.2 Å². The van der Waals surface area contributed by atoms with Crippen LogP contribution in [0.4, 0.5) is 0 Å². The monoisotopic (exact) mass is 421 g/mol. The number of hydrogen-bond donors (Lipinski definition) is 1. The Bertz CT molecular complexity index is 945. The predicted octanol–water partition coefficient (Wildman–Crippen LogP) is 4.45. The maximum absolute atomic E-state index is 10.7. The standard InChI is InChI=1S/C26H31NO4/c1-20-10-7-8-14-24(20)31-19-23(28)18-27(16-21-11-5-4-6-12-21)17-22-13-9-15-25(29-2)26(22)30-3/h4-15,23,28H,16-19H2,1-3H3. The number of aryl methyl sites for hydroxylation is 1. The number of aliphatic hydroxyl groups excluding tert-OH is 1. The van der Waals surface area contributed by atoms with Crippen LogP contribution in [0, 0.1) is 6.92 Å². The zero-order valence-electron chi connectivity index (χ0n) is 18.5. The van der Waals surface area contributed by atoms with E-state index in [1.54, 1.807) is 14.2 Å². The number of methoxy groups -OCH3 is 2. The van der Waals surface area contributed by atoms with Gasteiger partial charge in [0.25, 0.3) is 0 Å². The third-order valence-electron chi connectivity index (χ3n) is 5.12. The molecule has 1 unspecified atom stereocenters. The summed E-state index contributed by atoms with van der Waals surface area (Å²) in [6.45, 7) is 3.99. The Morgan fingerprint density at radius 1 is 0.806 bits per heavy atom. The van der Waals surface area contributed by atoms with Crippen molar-refractivity contribution < 1.29 is 19.3 Å². The SMILES string of the molecule is COc1cccc(CN(Cc2ccccc2)CC(O)COc2ccccc2C)c1OC. The first-order chi connectivity index (χ1) is 15.1. The normalized spacial score (nSPS) is 11.9. The molecule has 0 fully saturated rings. The first-order valence-corrected chi connectivity index (χ1v) is 10.4. The molecule has 1 N–H and O–H groups in total. The van der Waals surface area contributed by atoms with Crippen LogP contribution in [0.2, 0.25) is 0 Å². The molecule has 0 aliphatic carbocycles. The van der Waals surface area contributed by atoms with Gasteiger partial charge in [0.05, 0.1) is 14.2 Å². The first kappa shape index (κ1) is 22.7. The number of para-hydroxylation sites is 2. The van der Waals surface area contributed by atoms with Gasteiger partial charge in [-0.1, -0.05) is 60.7 Å². The van der Waals surface area contributed by atoms with E-state index in [2.05, 4.69) is 17.0 Å². The second-order valence-corrected chi connectivity index (χ2v) is 7.54. The lowest BCUT2D eigenvalue weighted by Gasteiger charge is -2.26. The van der Waals surface area contributed by atoms with Crippen LogP contribution in [0.15, 0.2) is 72.8 Å². The lowest BCUT2D eigenvalue weighted by molar-refractivity contribution is 0.0623. The fourth-order valence-electron chi connectivity index (χ4n) is 3.60. The summed E-state index contributed by atoms with van der Waals surface area (Å²) in [5, 5.41) is 10.7. The van der Waals surface area contributed by atoms with Crippen LogP contribution in [0.1, 0.15) is 16.7 Å². The molecule has 0 aliphatic rings. The van der Waals surface area contributed by atoms with Crippen LogP contribution in [0.5, 0.6) is 17.2 Å². The maximum Gasteiger partial charge on any atom is 0.165 e. The fourth-order valence-corrected chi connectivity index (χ4v) is 3.60. The van der Waals surface area contributed by atoms with Gasteiger partial charge in [0.15, 0.2) is 11.5 Å². The number of aliphatic hydroxyl groups is 1. The molecule has 31 heavy (non-hydrogen) atoms. The largest absolute Gasteiger partial charge is 0.493 e. The van der Waals surface area contributed by atoms with Crippen LogP contribution in [-0.2, 0) is 13.1 Å². The molecule has 0 heterocycles. The minimum atomic E-state index is -0.639. The predicted molar refractivity (Wildman–Crippen MR) is 123 cm³/mol. The summed E-state index contributed by atoms with van der Waals surface area (Å²) in [4.78, 5) is 2.19. The zero-order chi connectivity index (χ0) is 22.1. The summed E-state index contributed by atoms with van der Waals surface area (Å²) in [5.74, 6) is 2.21. The van der Waals surface area contributed by atoms with E-state index < -0.39 is 6.10 Å². The van der Waals surface area contributed by atoms with Gasteiger partial charge in [-0.2, -0.15) is 0 Å². The van der Waals surface area contributed by atoms with Crippen molar-refractivity contribution >= 4 is 0 Å². The van der Waals surface area contributed by atoms with Crippen molar-refractivity contribution in [2.45, 2.75) is 26.1 Å². The van der Waals surface area contributed by atoms with Crippen molar-refractivity contribution in [3.8, 4) is 17.2 Å². The van der Waals surface area contributed by atoms with Gasteiger partial charge in [0, 0.05) is 25.2 Å². The summed E-state index contributed by atoms with van der Waals surface area (Å²) < 4.78 is 16.9. The Morgan fingerprint density at radius 3 is 2.23 bits per heavy atom.